The number of morpholine rings is 1. The maximum absolute atomic E-state index is 13.4. The fourth-order valence-electron chi connectivity index (χ4n) is 6.66. The van der Waals surface area contributed by atoms with Crippen molar-refractivity contribution in [3.05, 3.63) is 40.0 Å². The van der Waals surface area contributed by atoms with E-state index in [1.54, 1.807) is 17.7 Å². The summed E-state index contributed by atoms with van der Waals surface area (Å²) in [5.41, 5.74) is 4.49. The largest absolute Gasteiger partial charge is 0.490 e. The van der Waals surface area contributed by atoms with Crippen LogP contribution in [0.5, 0.6) is 5.75 Å². The summed E-state index contributed by atoms with van der Waals surface area (Å²) in [6.07, 6.45) is 9.92. The quantitative estimate of drug-likeness (QED) is 0.442. The molecule has 3 aromatic rings. The zero-order valence-corrected chi connectivity index (χ0v) is 24.5. The predicted molar refractivity (Wildman–Crippen MR) is 162 cm³/mol. The third kappa shape index (κ3) is 5.45. The summed E-state index contributed by atoms with van der Waals surface area (Å²) in [5, 5.41) is 4.70. The maximum Gasteiger partial charge on any atom is 0.226 e. The van der Waals surface area contributed by atoms with Crippen LogP contribution in [0.3, 0.4) is 0 Å². The lowest BCUT2D eigenvalue weighted by molar-refractivity contribution is -0.143. The Morgan fingerprint density at radius 1 is 1.20 bits per heavy atom. The van der Waals surface area contributed by atoms with Crippen molar-refractivity contribution in [2.75, 3.05) is 51.3 Å². The first-order valence-electron chi connectivity index (χ1n) is 15.1. The van der Waals surface area contributed by atoms with Gasteiger partial charge in [-0.2, -0.15) is 0 Å². The molecule has 0 bridgehead atoms. The van der Waals surface area contributed by atoms with Gasteiger partial charge in [0, 0.05) is 30.1 Å². The first-order chi connectivity index (χ1) is 20.1. The normalized spacial score (nSPS) is 22.5. The number of anilines is 2. The molecule has 0 unspecified atom stereocenters. The summed E-state index contributed by atoms with van der Waals surface area (Å²) in [7, 11) is 0. The van der Waals surface area contributed by atoms with Gasteiger partial charge in [0.25, 0.3) is 0 Å². The van der Waals surface area contributed by atoms with Crippen molar-refractivity contribution in [3.8, 4) is 5.75 Å². The average molecular weight is 575 g/mol. The molecule has 4 aliphatic rings. The van der Waals surface area contributed by atoms with Crippen molar-refractivity contribution in [2.24, 2.45) is 10.9 Å². The van der Waals surface area contributed by atoms with Crippen molar-refractivity contribution >= 4 is 45.2 Å². The molecule has 10 heteroatoms. The third-order valence-electron chi connectivity index (χ3n) is 8.95. The molecule has 0 saturated carbocycles. The lowest BCUT2D eigenvalue weighted by Crippen LogP contribution is -2.50. The number of rotatable bonds is 7. The number of ether oxygens (including phenoxy) is 2. The van der Waals surface area contributed by atoms with Gasteiger partial charge in [-0.25, -0.2) is 9.97 Å². The first-order valence-corrected chi connectivity index (χ1v) is 15.9. The maximum atomic E-state index is 13.4. The van der Waals surface area contributed by atoms with E-state index < -0.39 is 0 Å². The minimum absolute atomic E-state index is 0.0105. The number of nitrogens with one attached hydrogen (secondary N) is 1. The Labute approximate surface area is 245 Å². The SMILES string of the molecule is C[C@H]1COCCN1C(=O)[C@H]1CCc2c(sc3ncnc(Nc4cc5c(cc4OCCN4CCCCC4)CN=C5)c23)C1. The van der Waals surface area contributed by atoms with E-state index in [0.29, 0.717) is 32.9 Å². The molecule has 216 valence electrons. The fourth-order valence-corrected chi connectivity index (χ4v) is 7.92. The smallest absolute Gasteiger partial charge is 0.226 e. The molecule has 2 saturated heterocycles. The molecule has 3 aliphatic heterocycles. The Bertz CT molecular complexity index is 1470. The summed E-state index contributed by atoms with van der Waals surface area (Å²) >= 11 is 1.70. The summed E-state index contributed by atoms with van der Waals surface area (Å²) in [4.78, 5) is 34.0. The lowest BCUT2D eigenvalue weighted by atomic mass is 9.86. The van der Waals surface area contributed by atoms with Crippen LogP contribution in [0.15, 0.2) is 23.5 Å². The van der Waals surface area contributed by atoms with Crippen molar-refractivity contribution in [3.63, 3.8) is 0 Å². The molecule has 9 nitrogen and oxygen atoms in total. The van der Waals surface area contributed by atoms with Gasteiger partial charge in [0.2, 0.25) is 5.91 Å². The van der Waals surface area contributed by atoms with Crippen LogP contribution >= 0.6 is 11.3 Å². The van der Waals surface area contributed by atoms with E-state index in [2.05, 4.69) is 39.2 Å². The number of hydrogen-bond donors (Lipinski definition) is 1. The Balaban J connectivity index is 1.13. The van der Waals surface area contributed by atoms with Crippen molar-refractivity contribution < 1.29 is 14.3 Å². The molecule has 2 aromatic heterocycles. The summed E-state index contributed by atoms with van der Waals surface area (Å²) in [6.45, 7) is 8.61. The number of likely N-dealkylation sites (tertiary alicyclic amines) is 1. The number of carbonyl (C=O) groups excluding carboxylic acids is 1. The second-order valence-electron chi connectivity index (χ2n) is 11.7. The van der Waals surface area contributed by atoms with Gasteiger partial charge in [-0.1, -0.05) is 6.42 Å². The molecule has 41 heavy (non-hydrogen) atoms. The molecule has 2 atom stereocenters. The van der Waals surface area contributed by atoms with Crippen LogP contribution in [0.2, 0.25) is 0 Å². The molecular formula is C31H38N6O3S. The molecule has 5 heterocycles. The zero-order valence-electron chi connectivity index (χ0n) is 23.7. The van der Waals surface area contributed by atoms with Gasteiger partial charge in [0.05, 0.1) is 36.9 Å². The molecule has 1 amide bonds. The number of hydrogen-bond acceptors (Lipinski definition) is 9. The lowest BCUT2D eigenvalue weighted by Gasteiger charge is -2.36. The van der Waals surface area contributed by atoms with E-state index in [-0.39, 0.29) is 17.9 Å². The van der Waals surface area contributed by atoms with E-state index in [1.165, 1.54) is 35.3 Å². The van der Waals surface area contributed by atoms with Crippen molar-refractivity contribution in [2.45, 2.75) is 58.0 Å². The van der Waals surface area contributed by atoms with Crippen LogP contribution in [0.1, 0.15) is 54.2 Å². The number of aryl methyl sites for hydroxylation is 1. The number of amides is 1. The highest BCUT2D eigenvalue weighted by atomic mass is 32.1. The highest BCUT2D eigenvalue weighted by Gasteiger charge is 2.34. The topological polar surface area (TPSA) is 92.2 Å². The number of aromatic nitrogens is 2. The van der Waals surface area contributed by atoms with E-state index in [9.17, 15) is 4.79 Å². The second kappa shape index (κ2) is 11.7. The average Bonchev–Trinajstić information content (AvgIpc) is 3.61. The number of fused-ring (bicyclic) bond motifs is 4. The van der Waals surface area contributed by atoms with E-state index in [0.717, 1.165) is 71.9 Å². The van der Waals surface area contributed by atoms with Crippen LogP contribution in [-0.4, -0.2) is 83.9 Å². The fraction of sp³-hybridized carbons (Fsp3) is 0.548. The molecule has 0 radical (unpaired) electrons. The van der Waals surface area contributed by atoms with E-state index in [1.807, 2.05) is 11.1 Å². The number of carbonyl (C=O) groups is 1. The van der Waals surface area contributed by atoms with Gasteiger partial charge in [0.1, 0.15) is 29.3 Å². The van der Waals surface area contributed by atoms with Crippen LogP contribution in [0, 0.1) is 5.92 Å². The number of piperidine rings is 1. The van der Waals surface area contributed by atoms with E-state index >= 15 is 0 Å². The van der Waals surface area contributed by atoms with E-state index in [4.69, 9.17) is 14.5 Å². The Hall–Kier alpha value is -3.08. The van der Waals surface area contributed by atoms with Crippen LogP contribution in [0.25, 0.3) is 10.2 Å². The molecule has 0 spiro atoms. The number of nitrogens with zero attached hydrogens (tertiary/aromatic N) is 5. The molecule has 2 fully saturated rings. The zero-order chi connectivity index (χ0) is 27.8. The van der Waals surface area contributed by atoms with Gasteiger partial charge < -0.3 is 19.7 Å². The highest BCUT2D eigenvalue weighted by molar-refractivity contribution is 7.19. The predicted octanol–water partition coefficient (Wildman–Crippen LogP) is 4.58. The molecule has 1 aromatic carbocycles. The molecule has 1 aliphatic carbocycles. The molecule has 1 N–H and O–H groups in total. The van der Waals surface area contributed by atoms with Crippen molar-refractivity contribution in [1.82, 2.24) is 19.8 Å². The van der Waals surface area contributed by atoms with Crippen LogP contribution in [0.4, 0.5) is 11.5 Å². The van der Waals surface area contributed by atoms with Gasteiger partial charge in [-0.05, 0) is 80.9 Å². The summed E-state index contributed by atoms with van der Waals surface area (Å²) in [5.74, 6) is 1.91. The number of aliphatic imine (C=N–C) groups is 1. The minimum Gasteiger partial charge on any atom is -0.490 e. The minimum atomic E-state index is 0.0105. The third-order valence-corrected chi connectivity index (χ3v) is 10.1. The van der Waals surface area contributed by atoms with Gasteiger partial charge in [0.15, 0.2) is 0 Å². The summed E-state index contributed by atoms with van der Waals surface area (Å²) in [6, 6.07) is 4.40. The van der Waals surface area contributed by atoms with Gasteiger partial charge in [-0.3, -0.25) is 14.7 Å². The molecular weight excluding hydrogens is 536 g/mol. The van der Waals surface area contributed by atoms with Gasteiger partial charge in [-0.15, -0.1) is 11.3 Å². The van der Waals surface area contributed by atoms with Crippen molar-refractivity contribution in [1.29, 1.82) is 0 Å². The second-order valence-corrected chi connectivity index (χ2v) is 12.8. The molecule has 7 rings (SSSR count). The standard InChI is InChI=1S/C31H38N6O3S/c1-20-18-39-11-10-37(20)31(38)21-5-6-24-27(15-21)41-30-28(24)29(33-19-34-30)35-25-13-22-16-32-17-23(22)14-26(25)40-12-9-36-7-3-2-4-8-36/h13-14,16,19-21H,2-12,15,17-18H2,1H3,(H,33,34,35)/t20-,21-/m0/s1. The first kappa shape index (κ1) is 26.8. The van der Waals surface area contributed by atoms with Gasteiger partial charge >= 0.3 is 0 Å². The Morgan fingerprint density at radius 2 is 2.10 bits per heavy atom. The number of benzene rings is 1. The Morgan fingerprint density at radius 3 is 2.98 bits per heavy atom. The Kier molecular flexibility index (Phi) is 7.62. The monoisotopic (exact) mass is 574 g/mol. The number of thiophene rings is 1. The highest BCUT2D eigenvalue weighted by Crippen LogP contribution is 2.42. The summed E-state index contributed by atoms with van der Waals surface area (Å²) < 4.78 is 12.0. The van der Waals surface area contributed by atoms with Crippen LogP contribution < -0.4 is 10.1 Å². The van der Waals surface area contributed by atoms with Crippen LogP contribution in [-0.2, 0) is 28.9 Å².